The minimum atomic E-state index is -0.328. The van der Waals surface area contributed by atoms with Gasteiger partial charge in [0.15, 0.2) is 0 Å². The van der Waals surface area contributed by atoms with Crippen LogP contribution >= 0.6 is 15.9 Å². The largest absolute Gasteiger partial charge is 0.329 e. The Bertz CT molecular complexity index is 1090. The lowest BCUT2D eigenvalue weighted by Crippen LogP contribution is -2.38. The zero-order chi connectivity index (χ0) is 21.7. The van der Waals surface area contributed by atoms with E-state index in [1.807, 2.05) is 61.2 Å². The second kappa shape index (κ2) is 10.0. The molecule has 5 nitrogen and oxygen atoms in total. The van der Waals surface area contributed by atoms with E-state index in [2.05, 4.69) is 22.9 Å². The highest BCUT2D eigenvalue weighted by Gasteiger charge is 2.26. The van der Waals surface area contributed by atoms with Gasteiger partial charge in [0.2, 0.25) is 0 Å². The molecule has 0 saturated carbocycles. The van der Waals surface area contributed by atoms with Gasteiger partial charge in [-0.3, -0.25) is 14.2 Å². The van der Waals surface area contributed by atoms with Crippen LogP contribution in [0, 0.1) is 0 Å². The molecule has 1 amide bonds. The van der Waals surface area contributed by atoms with Crippen LogP contribution in [0.3, 0.4) is 0 Å². The Labute approximate surface area is 185 Å². The average molecular weight is 470 g/mol. The van der Waals surface area contributed by atoms with Crippen LogP contribution in [0.1, 0.15) is 62.3 Å². The van der Waals surface area contributed by atoms with Gasteiger partial charge < -0.3 is 4.90 Å². The van der Waals surface area contributed by atoms with Crippen molar-refractivity contribution in [2.45, 2.75) is 52.6 Å². The van der Waals surface area contributed by atoms with Crippen molar-refractivity contribution >= 4 is 32.7 Å². The van der Waals surface area contributed by atoms with E-state index in [1.165, 1.54) is 0 Å². The molecule has 6 heteroatoms. The van der Waals surface area contributed by atoms with E-state index in [1.54, 1.807) is 10.6 Å². The van der Waals surface area contributed by atoms with E-state index in [-0.39, 0.29) is 17.5 Å². The highest BCUT2D eigenvalue weighted by molar-refractivity contribution is 9.10. The molecule has 3 rings (SSSR count). The molecule has 158 valence electrons. The van der Waals surface area contributed by atoms with E-state index in [0.29, 0.717) is 35.4 Å². The van der Waals surface area contributed by atoms with Gasteiger partial charge in [0, 0.05) is 23.1 Å². The zero-order valence-corrected chi connectivity index (χ0v) is 19.4. The van der Waals surface area contributed by atoms with E-state index < -0.39 is 0 Å². The number of benzene rings is 2. The summed E-state index contributed by atoms with van der Waals surface area (Å²) in [6, 6.07) is 14.5. The number of hydrogen-bond acceptors (Lipinski definition) is 3. The lowest BCUT2D eigenvalue weighted by molar-refractivity contribution is 0.0675. The maximum Gasteiger partial charge on any atom is 0.261 e. The number of carbonyl (C=O) groups is 1. The summed E-state index contributed by atoms with van der Waals surface area (Å²) in [5.74, 6) is 0.575. The fraction of sp³-hybridized carbons (Fsp3) is 0.375. The summed E-state index contributed by atoms with van der Waals surface area (Å²) in [7, 11) is 0. The number of nitrogens with zero attached hydrogens (tertiary/aromatic N) is 3. The van der Waals surface area contributed by atoms with Crippen molar-refractivity contribution in [2.75, 3.05) is 6.54 Å². The zero-order valence-electron chi connectivity index (χ0n) is 17.8. The van der Waals surface area contributed by atoms with Crippen LogP contribution in [0.25, 0.3) is 10.9 Å². The second-order valence-corrected chi connectivity index (χ2v) is 8.34. The predicted octanol–water partition coefficient (Wildman–Crippen LogP) is 5.57. The van der Waals surface area contributed by atoms with Crippen molar-refractivity contribution in [3.05, 3.63) is 74.7 Å². The third-order valence-electron chi connectivity index (χ3n) is 5.38. The van der Waals surface area contributed by atoms with Crippen LogP contribution in [0.4, 0.5) is 0 Å². The molecule has 1 unspecified atom stereocenters. The Morgan fingerprint density at radius 2 is 1.90 bits per heavy atom. The Hall–Kier alpha value is -2.47. The molecule has 2 aromatic carbocycles. The Morgan fingerprint density at radius 1 is 1.13 bits per heavy atom. The van der Waals surface area contributed by atoms with Crippen LogP contribution < -0.4 is 5.56 Å². The molecule has 1 heterocycles. The predicted molar refractivity (Wildman–Crippen MR) is 125 cm³/mol. The minimum absolute atomic E-state index is 0.0510. The maximum absolute atomic E-state index is 13.4. The SMILES string of the molecule is CCCCCN(C(=O)c1cccc(Br)c1)C(C)c1nc2ccccc2c(=O)n1CC. The first-order valence-electron chi connectivity index (χ1n) is 10.5. The van der Waals surface area contributed by atoms with Crippen LogP contribution in [0.2, 0.25) is 0 Å². The van der Waals surface area contributed by atoms with Gasteiger partial charge in [0.25, 0.3) is 11.5 Å². The Balaban J connectivity index is 2.07. The summed E-state index contributed by atoms with van der Waals surface area (Å²) in [5.41, 5.74) is 1.23. The number of halogens is 1. The lowest BCUT2D eigenvalue weighted by Gasteiger charge is -2.30. The fourth-order valence-corrected chi connectivity index (χ4v) is 4.14. The van der Waals surface area contributed by atoms with Crippen LogP contribution in [0.5, 0.6) is 0 Å². The topological polar surface area (TPSA) is 55.2 Å². The molecule has 1 atom stereocenters. The molecule has 1 aromatic heterocycles. The number of fused-ring (bicyclic) bond motifs is 1. The molecule has 0 bridgehead atoms. The fourth-order valence-electron chi connectivity index (χ4n) is 3.74. The molecule has 0 aliphatic carbocycles. The summed E-state index contributed by atoms with van der Waals surface area (Å²) in [6.07, 6.45) is 3.02. The van der Waals surface area contributed by atoms with Gasteiger partial charge in [-0.05, 0) is 50.6 Å². The quantitative estimate of drug-likeness (QED) is 0.405. The number of amides is 1. The van der Waals surface area contributed by atoms with Crippen molar-refractivity contribution in [2.24, 2.45) is 0 Å². The van der Waals surface area contributed by atoms with E-state index in [4.69, 9.17) is 4.98 Å². The molecule has 0 aliphatic rings. The molecule has 3 aromatic rings. The number of aromatic nitrogens is 2. The molecular weight excluding hydrogens is 442 g/mol. The van der Waals surface area contributed by atoms with Gasteiger partial charge in [0.1, 0.15) is 5.82 Å². The standard InChI is InChI=1S/C24H28BrN3O2/c1-4-6-9-15-28(23(29)18-11-10-12-19(25)16-18)17(3)22-26-21-14-8-7-13-20(21)24(30)27(22)5-2/h7-8,10-14,16-17H,4-6,9,15H2,1-3H3. The van der Waals surface area contributed by atoms with Gasteiger partial charge >= 0.3 is 0 Å². The van der Waals surface area contributed by atoms with Gasteiger partial charge in [-0.2, -0.15) is 0 Å². The minimum Gasteiger partial charge on any atom is -0.329 e. The molecular formula is C24H28BrN3O2. The number of para-hydroxylation sites is 1. The molecule has 0 aliphatic heterocycles. The number of carbonyl (C=O) groups excluding carboxylic acids is 1. The number of unbranched alkanes of at least 4 members (excludes halogenated alkanes) is 2. The molecule has 0 fully saturated rings. The first-order chi connectivity index (χ1) is 14.5. The van der Waals surface area contributed by atoms with Gasteiger partial charge in [-0.1, -0.05) is 53.9 Å². The van der Waals surface area contributed by atoms with E-state index in [9.17, 15) is 9.59 Å². The van der Waals surface area contributed by atoms with Gasteiger partial charge in [-0.25, -0.2) is 4.98 Å². The van der Waals surface area contributed by atoms with Crippen molar-refractivity contribution in [1.82, 2.24) is 14.5 Å². The summed E-state index contributed by atoms with van der Waals surface area (Å²) >= 11 is 3.46. The number of hydrogen-bond donors (Lipinski definition) is 0. The summed E-state index contributed by atoms with van der Waals surface area (Å²) < 4.78 is 2.55. The van der Waals surface area contributed by atoms with Crippen molar-refractivity contribution in [3.8, 4) is 0 Å². The van der Waals surface area contributed by atoms with Crippen molar-refractivity contribution in [1.29, 1.82) is 0 Å². The molecule has 0 spiro atoms. The smallest absolute Gasteiger partial charge is 0.261 e. The molecule has 0 saturated heterocycles. The Morgan fingerprint density at radius 3 is 2.60 bits per heavy atom. The van der Waals surface area contributed by atoms with Crippen molar-refractivity contribution in [3.63, 3.8) is 0 Å². The third kappa shape index (κ3) is 4.64. The van der Waals surface area contributed by atoms with Crippen LogP contribution in [-0.2, 0) is 6.54 Å². The molecule has 0 radical (unpaired) electrons. The first kappa shape index (κ1) is 22.2. The highest BCUT2D eigenvalue weighted by Crippen LogP contribution is 2.24. The summed E-state index contributed by atoms with van der Waals surface area (Å²) in [5, 5.41) is 0.603. The molecule has 0 N–H and O–H groups in total. The Kier molecular flexibility index (Phi) is 7.43. The second-order valence-electron chi connectivity index (χ2n) is 7.43. The van der Waals surface area contributed by atoms with Crippen molar-refractivity contribution < 1.29 is 4.79 Å². The maximum atomic E-state index is 13.4. The summed E-state index contributed by atoms with van der Waals surface area (Å²) in [6.45, 7) is 7.16. The lowest BCUT2D eigenvalue weighted by atomic mass is 10.1. The van der Waals surface area contributed by atoms with E-state index in [0.717, 1.165) is 23.7 Å². The summed E-state index contributed by atoms with van der Waals surface area (Å²) in [4.78, 5) is 33.2. The van der Waals surface area contributed by atoms with Gasteiger partial charge in [-0.15, -0.1) is 0 Å². The van der Waals surface area contributed by atoms with Gasteiger partial charge in [0.05, 0.1) is 16.9 Å². The highest BCUT2D eigenvalue weighted by atomic mass is 79.9. The van der Waals surface area contributed by atoms with Crippen LogP contribution in [0.15, 0.2) is 57.8 Å². The number of rotatable bonds is 8. The third-order valence-corrected chi connectivity index (χ3v) is 5.88. The first-order valence-corrected chi connectivity index (χ1v) is 11.3. The normalized spacial score (nSPS) is 12.1. The van der Waals surface area contributed by atoms with E-state index >= 15 is 0 Å². The van der Waals surface area contributed by atoms with Crippen LogP contribution in [-0.4, -0.2) is 26.9 Å². The monoisotopic (exact) mass is 469 g/mol. The average Bonchev–Trinajstić information content (AvgIpc) is 2.76. The molecule has 30 heavy (non-hydrogen) atoms.